The molecule has 4 heterocycles. The molecule has 0 unspecified atom stereocenters. The number of rotatable bonds is 5. The van der Waals surface area contributed by atoms with Crippen molar-refractivity contribution in [1.29, 1.82) is 0 Å². The summed E-state index contributed by atoms with van der Waals surface area (Å²) in [7, 11) is 2.03. The van der Waals surface area contributed by atoms with Gasteiger partial charge in [0.25, 0.3) is 0 Å². The molecule has 0 saturated heterocycles. The highest BCUT2D eigenvalue weighted by Crippen LogP contribution is 2.45. The van der Waals surface area contributed by atoms with Crippen LogP contribution < -0.4 is 0 Å². The number of hydrogen-bond donors (Lipinski definition) is 1. The van der Waals surface area contributed by atoms with Crippen molar-refractivity contribution >= 4 is 11.0 Å². The van der Waals surface area contributed by atoms with E-state index in [0.717, 1.165) is 52.3 Å². The first kappa shape index (κ1) is 20.7. The van der Waals surface area contributed by atoms with Crippen LogP contribution in [0.2, 0.25) is 0 Å². The van der Waals surface area contributed by atoms with E-state index in [1.165, 1.54) is 0 Å². The third-order valence-corrected chi connectivity index (χ3v) is 6.73. The number of benzene rings is 1. The lowest BCUT2D eigenvalue weighted by molar-refractivity contribution is 0.117. The lowest BCUT2D eigenvalue weighted by Gasteiger charge is -2.29. The van der Waals surface area contributed by atoms with Crippen molar-refractivity contribution in [2.75, 3.05) is 0 Å². The first-order valence-corrected chi connectivity index (χ1v) is 11.5. The standard InChI is InChI=1S/C27H25N5O2/c1-16-24(17(2)34-31-16)19-14-20(25-21(15-19)30-26(32(25)3)18-10-11-18)27(33,22-8-4-6-12-28-22)23-9-5-7-13-29-23/h4-9,12-15,18,33H,10-11H2,1-3H3. The van der Waals surface area contributed by atoms with E-state index in [2.05, 4.69) is 25.8 Å². The van der Waals surface area contributed by atoms with Gasteiger partial charge in [0.05, 0.1) is 28.1 Å². The van der Waals surface area contributed by atoms with Gasteiger partial charge in [-0.1, -0.05) is 17.3 Å². The highest BCUT2D eigenvalue weighted by molar-refractivity contribution is 5.88. The molecule has 0 radical (unpaired) electrons. The van der Waals surface area contributed by atoms with E-state index in [4.69, 9.17) is 9.51 Å². The van der Waals surface area contributed by atoms with Crippen LogP contribution in [0.15, 0.2) is 65.4 Å². The molecule has 0 atom stereocenters. The number of pyridine rings is 2. The first-order valence-electron chi connectivity index (χ1n) is 11.5. The summed E-state index contributed by atoms with van der Waals surface area (Å²) in [5.74, 6) is 2.21. The molecule has 7 nitrogen and oxygen atoms in total. The third-order valence-electron chi connectivity index (χ3n) is 6.73. The van der Waals surface area contributed by atoms with Gasteiger partial charge in [0, 0.05) is 36.5 Å². The van der Waals surface area contributed by atoms with Gasteiger partial charge < -0.3 is 14.2 Å². The summed E-state index contributed by atoms with van der Waals surface area (Å²) < 4.78 is 7.59. The van der Waals surface area contributed by atoms with Crippen molar-refractivity contribution < 1.29 is 9.63 Å². The van der Waals surface area contributed by atoms with Gasteiger partial charge in [-0.2, -0.15) is 0 Å². The summed E-state index contributed by atoms with van der Waals surface area (Å²) in [5, 5.41) is 16.7. The summed E-state index contributed by atoms with van der Waals surface area (Å²) in [6.07, 6.45) is 5.65. The van der Waals surface area contributed by atoms with Gasteiger partial charge in [0.2, 0.25) is 0 Å². The Morgan fingerprint density at radius 3 is 2.21 bits per heavy atom. The predicted molar refractivity (Wildman–Crippen MR) is 128 cm³/mol. The summed E-state index contributed by atoms with van der Waals surface area (Å²) in [5.41, 5.74) is 4.37. The third kappa shape index (κ3) is 3.08. The van der Waals surface area contributed by atoms with Crippen LogP contribution in [0.1, 0.15) is 53.0 Å². The zero-order valence-corrected chi connectivity index (χ0v) is 19.4. The van der Waals surface area contributed by atoms with Gasteiger partial charge in [-0.15, -0.1) is 0 Å². The maximum absolute atomic E-state index is 12.6. The van der Waals surface area contributed by atoms with Crippen LogP contribution in [0.3, 0.4) is 0 Å². The molecular weight excluding hydrogens is 426 g/mol. The second-order valence-corrected chi connectivity index (χ2v) is 9.03. The Morgan fingerprint density at radius 2 is 1.68 bits per heavy atom. The maximum atomic E-state index is 12.6. The fourth-order valence-corrected chi connectivity index (χ4v) is 4.95. The van der Waals surface area contributed by atoms with E-state index >= 15 is 0 Å². The van der Waals surface area contributed by atoms with E-state index in [1.807, 2.05) is 63.4 Å². The SMILES string of the molecule is Cc1noc(C)c1-c1cc(C(O)(c2ccccn2)c2ccccn2)c2c(c1)nc(C1CC1)n2C. The van der Waals surface area contributed by atoms with E-state index in [9.17, 15) is 5.11 Å². The Morgan fingerprint density at radius 1 is 1.00 bits per heavy atom. The van der Waals surface area contributed by atoms with Gasteiger partial charge in [-0.25, -0.2) is 4.98 Å². The lowest BCUT2D eigenvalue weighted by atomic mass is 9.83. The smallest absolute Gasteiger partial charge is 0.176 e. The van der Waals surface area contributed by atoms with E-state index in [-0.39, 0.29) is 0 Å². The van der Waals surface area contributed by atoms with E-state index in [0.29, 0.717) is 22.9 Å². The Balaban J connectivity index is 1.73. The van der Waals surface area contributed by atoms with Crippen LogP contribution in [-0.2, 0) is 12.6 Å². The second-order valence-electron chi connectivity index (χ2n) is 9.03. The molecule has 0 bridgehead atoms. The fourth-order valence-electron chi connectivity index (χ4n) is 4.95. The Hall–Kier alpha value is -3.84. The number of fused-ring (bicyclic) bond motifs is 1. The number of nitrogens with zero attached hydrogens (tertiary/aromatic N) is 5. The largest absolute Gasteiger partial charge is 0.373 e. The number of imidazole rings is 1. The van der Waals surface area contributed by atoms with E-state index < -0.39 is 5.60 Å². The predicted octanol–water partition coefficient (Wildman–Crippen LogP) is 4.80. The molecule has 7 heteroatoms. The molecule has 34 heavy (non-hydrogen) atoms. The van der Waals surface area contributed by atoms with Crippen LogP contribution >= 0.6 is 0 Å². The van der Waals surface area contributed by atoms with Gasteiger partial charge in [-0.05, 0) is 68.7 Å². The number of aromatic nitrogens is 5. The van der Waals surface area contributed by atoms with Crippen LogP contribution in [0.5, 0.6) is 0 Å². The first-order chi connectivity index (χ1) is 16.5. The van der Waals surface area contributed by atoms with Gasteiger partial charge in [0.1, 0.15) is 11.6 Å². The number of aliphatic hydroxyl groups is 1. The fraction of sp³-hybridized carbons (Fsp3) is 0.259. The molecule has 1 aromatic carbocycles. The molecule has 1 aliphatic carbocycles. The minimum absolute atomic E-state index is 0.450. The Bertz CT molecular complexity index is 1440. The highest BCUT2D eigenvalue weighted by Gasteiger charge is 2.40. The molecule has 0 amide bonds. The Labute approximate surface area is 197 Å². The monoisotopic (exact) mass is 451 g/mol. The number of hydrogen-bond acceptors (Lipinski definition) is 6. The lowest BCUT2D eigenvalue weighted by Crippen LogP contribution is -2.32. The van der Waals surface area contributed by atoms with Crippen molar-refractivity contribution in [1.82, 2.24) is 24.7 Å². The molecule has 0 spiro atoms. The topological polar surface area (TPSA) is 89.9 Å². The quantitative estimate of drug-likeness (QED) is 0.413. The zero-order valence-electron chi connectivity index (χ0n) is 19.4. The van der Waals surface area contributed by atoms with Crippen molar-refractivity contribution in [3.63, 3.8) is 0 Å². The zero-order chi connectivity index (χ0) is 23.4. The highest BCUT2D eigenvalue weighted by atomic mass is 16.5. The minimum Gasteiger partial charge on any atom is -0.373 e. The normalized spacial score (nSPS) is 14.1. The summed E-state index contributed by atoms with van der Waals surface area (Å²) in [6.45, 7) is 3.82. The van der Waals surface area contributed by atoms with Crippen molar-refractivity contribution in [3.8, 4) is 11.1 Å². The second kappa shape index (κ2) is 7.60. The van der Waals surface area contributed by atoms with Gasteiger partial charge >= 0.3 is 0 Å². The van der Waals surface area contributed by atoms with Crippen molar-refractivity contribution in [2.24, 2.45) is 7.05 Å². The molecule has 6 rings (SSSR count). The molecule has 1 aliphatic rings. The molecule has 170 valence electrons. The average Bonchev–Trinajstić information content (AvgIpc) is 3.58. The molecule has 1 fully saturated rings. The van der Waals surface area contributed by atoms with Gasteiger partial charge in [0.15, 0.2) is 5.60 Å². The maximum Gasteiger partial charge on any atom is 0.176 e. The molecule has 1 N–H and O–H groups in total. The molecule has 1 saturated carbocycles. The molecule has 0 aliphatic heterocycles. The van der Waals surface area contributed by atoms with E-state index in [1.54, 1.807) is 12.4 Å². The Kier molecular flexibility index (Phi) is 4.64. The average molecular weight is 452 g/mol. The summed E-state index contributed by atoms with van der Waals surface area (Å²) >= 11 is 0. The molecule has 5 aromatic rings. The molecular formula is C27H25N5O2. The van der Waals surface area contributed by atoms with Crippen molar-refractivity contribution in [3.05, 3.63) is 95.2 Å². The summed E-state index contributed by atoms with van der Waals surface area (Å²) in [4.78, 5) is 14.2. The molecule has 4 aromatic heterocycles. The number of aryl methyl sites for hydroxylation is 3. The van der Waals surface area contributed by atoms with Crippen molar-refractivity contribution in [2.45, 2.75) is 38.2 Å². The van der Waals surface area contributed by atoms with Gasteiger partial charge in [-0.3, -0.25) is 9.97 Å². The summed E-state index contributed by atoms with van der Waals surface area (Å²) in [6, 6.07) is 15.2. The van der Waals surface area contributed by atoms with Crippen LogP contribution in [0.4, 0.5) is 0 Å². The van der Waals surface area contributed by atoms with Crippen LogP contribution in [0, 0.1) is 13.8 Å². The minimum atomic E-state index is -1.59. The van der Waals surface area contributed by atoms with Crippen LogP contribution in [-0.4, -0.2) is 29.8 Å². The van der Waals surface area contributed by atoms with Crippen LogP contribution in [0.25, 0.3) is 22.2 Å².